The minimum atomic E-state index is -0.662. The lowest BCUT2D eigenvalue weighted by atomic mass is 10.0. The molecule has 5 nitrogen and oxygen atoms in total. The average molecular weight is 433 g/mol. The van der Waals surface area contributed by atoms with Crippen LogP contribution in [0, 0.1) is 11.6 Å². The van der Waals surface area contributed by atoms with Crippen molar-refractivity contribution in [2.24, 2.45) is 0 Å². The lowest BCUT2D eigenvalue weighted by Gasteiger charge is -2.19. The maximum absolute atomic E-state index is 13.8. The molecule has 0 bridgehead atoms. The van der Waals surface area contributed by atoms with Crippen LogP contribution in [0.5, 0.6) is 5.75 Å². The second-order valence-corrected chi connectivity index (χ2v) is 8.10. The van der Waals surface area contributed by atoms with E-state index in [0.29, 0.717) is 29.0 Å². The summed E-state index contributed by atoms with van der Waals surface area (Å²) in [5.41, 5.74) is 3.22. The normalized spacial score (nSPS) is 13.3. The molecule has 0 spiro atoms. The molecule has 1 fully saturated rings. The number of para-hydroxylation sites is 1. The molecule has 32 heavy (non-hydrogen) atoms. The van der Waals surface area contributed by atoms with Crippen LogP contribution in [-0.2, 0) is 6.54 Å². The summed E-state index contributed by atoms with van der Waals surface area (Å²) >= 11 is 0. The van der Waals surface area contributed by atoms with Gasteiger partial charge in [-0.15, -0.1) is 0 Å². The van der Waals surface area contributed by atoms with Gasteiger partial charge >= 0.3 is 0 Å². The summed E-state index contributed by atoms with van der Waals surface area (Å²) in [5.74, 6) is -1.05. The molecule has 0 atom stereocenters. The van der Waals surface area contributed by atoms with Crippen molar-refractivity contribution in [2.75, 3.05) is 7.05 Å². The van der Waals surface area contributed by atoms with Crippen LogP contribution in [0.2, 0.25) is 0 Å². The molecule has 1 saturated carbocycles. The van der Waals surface area contributed by atoms with Crippen LogP contribution in [0.1, 0.15) is 28.8 Å². The minimum Gasteiger partial charge on any atom is -0.490 e. The Morgan fingerprint density at radius 1 is 1.12 bits per heavy atom. The molecule has 1 aromatic heterocycles. The summed E-state index contributed by atoms with van der Waals surface area (Å²) < 4.78 is 33.6. The van der Waals surface area contributed by atoms with Crippen molar-refractivity contribution in [2.45, 2.75) is 25.5 Å². The van der Waals surface area contributed by atoms with Crippen molar-refractivity contribution in [1.29, 1.82) is 0 Å². The van der Waals surface area contributed by atoms with Crippen molar-refractivity contribution in [1.82, 2.24) is 15.1 Å². The number of benzene rings is 3. The van der Waals surface area contributed by atoms with Gasteiger partial charge in [-0.3, -0.25) is 9.89 Å². The number of nitrogens with one attached hydrogen (secondary N) is 1. The highest BCUT2D eigenvalue weighted by molar-refractivity contribution is 5.95. The number of aromatic amines is 1. The molecule has 1 N–H and O–H groups in total. The maximum Gasteiger partial charge on any atom is 0.254 e. The van der Waals surface area contributed by atoms with E-state index >= 15 is 0 Å². The Morgan fingerprint density at radius 3 is 2.66 bits per heavy atom. The fourth-order valence-corrected chi connectivity index (χ4v) is 3.78. The number of rotatable bonds is 6. The summed E-state index contributed by atoms with van der Waals surface area (Å²) in [6, 6.07) is 14.2. The Labute approximate surface area is 183 Å². The number of carbonyl (C=O) groups excluding carboxylic acids is 1. The summed E-state index contributed by atoms with van der Waals surface area (Å²) in [5, 5.41) is 8.03. The first-order valence-electron chi connectivity index (χ1n) is 10.4. The molecule has 0 saturated heterocycles. The predicted molar refractivity (Wildman–Crippen MR) is 117 cm³/mol. The Kier molecular flexibility index (Phi) is 5.09. The van der Waals surface area contributed by atoms with Crippen LogP contribution in [0.4, 0.5) is 8.78 Å². The first-order chi connectivity index (χ1) is 15.5. The Bertz CT molecular complexity index is 1290. The highest BCUT2D eigenvalue weighted by atomic mass is 19.1. The zero-order valence-corrected chi connectivity index (χ0v) is 17.4. The average Bonchev–Trinajstić information content (AvgIpc) is 3.44. The highest BCUT2D eigenvalue weighted by Gasteiger charge is 2.26. The van der Waals surface area contributed by atoms with Gasteiger partial charge in [0.15, 0.2) is 0 Å². The molecule has 1 heterocycles. The lowest BCUT2D eigenvalue weighted by Crippen LogP contribution is -2.26. The van der Waals surface area contributed by atoms with Crippen LogP contribution in [0.15, 0.2) is 60.8 Å². The number of carbonyl (C=O) groups is 1. The van der Waals surface area contributed by atoms with E-state index in [1.54, 1.807) is 36.3 Å². The Balaban J connectivity index is 1.45. The number of amides is 1. The van der Waals surface area contributed by atoms with Gasteiger partial charge in [0.2, 0.25) is 0 Å². The number of halogens is 2. The van der Waals surface area contributed by atoms with Gasteiger partial charge in [-0.1, -0.05) is 18.2 Å². The number of hydrogen-bond acceptors (Lipinski definition) is 3. The fraction of sp³-hybridized carbons (Fsp3) is 0.200. The Hall–Kier alpha value is -3.74. The number of fused-ring (bicyclic) bond motifs is 1. The van der Waals surface area contributed by atoms with Gasteiger partial charge in [-0.2, -0.15) is 5.10 Å². The monoisotopic (exact) mass is 433 g/mol. The van der Waals surface area contributed by atoms with Gasteiger partial charge in [0.05, 0.1) is 17.8 Å². The molecular weight excluding hydrogens is 412 g/mol. The fourth-order valence-electron chi connectivity index (χ4n) is 3.78. The molecule has 3 aromatic carbocycles. The van der Waals surface area contributed by atoms with Gasteiger partial charge in [-0.25, -0.2) is 8.78 Å². The second kappa shape index (κ2) is 8.07. The van der Waals surface area contributed by atoms with E-state index in [-0.39, 0.29) is 12.0 Å². The highest BCUT2D eigenvalue weighted by Crippen LogP contribution is 2.36. The van der Waals surface area contributed by atoms with Crippen LogP contribution in [-0.4, -0.2) is 34.2 Å². The SMILES string of the molecule is CN(Cc1cccc2cn[nH]c12)C(=O)c1ccc(-c2cc(F)cc(F)c2)c(OC2CC2)c1. The summed E-state index contributed by atoms with van der Waals surface area (Å²) in [7, 11) is 1.73. The zero-order chi connectivity index (χ0) is 22.2. The predicted octanol–water partition coefficient (Wildman–Crippen LogP) is 5.32. The van der Waals surface area contributed by atoms with E-state index in [1.165, 1.54) is 12.1 Å². The molecule has 0 unspecified atom stereocenters. The van der Waals surface area contributed by atoms with E-state index in [9.17, 15) is 13.6 Å². The number of aromatic nitrogens is 2. The van der Waals surface area contributed by atoms with Crippen molar-refractivity contribution >= 4 is 16.8 Å². The first kappa shape index (κ1) is 20.2. The summed E-state index contributed by atoms with van der Waals surface area (Å²) in [4.78, 5) is 14.8. The van der Waals surface area contributed by atoms with E-state index < -0.39 is 11.6 Å². The summed E-state index contributed by atoms with van der Waals surface area (Å²) in [6.45, 7) is 0.397. The van der Waals surface area contributed by atoms with Gasteiger partial charge in [0, 0.05) is 36.2 Å². The second-order valence-electron chi connectivity index (χ2n) is 8.10. The standard InChI is InChI=1S/C25H21F2N3O2/c1-30(14-17-4-2-3-16-13-28-29-24(16)17)25(31)15-5-8-22(23(11-15)32-21-6-7-21)18-9-19(26)12-20(27)10-18/h2-5,8-13,21H,6-7,14H2,1H3,(H,28,29). The van der Waals surface area contributed by atoms with E-state index in [2.05, 4.69) is 10.2 Å². The maximum atomic E-state index is 13.8. The van der Waals surface area contributed by atoms with Crippen LogP contribution in [0.3, 0.4) is 0 Å². The van der Waals surface area contributed by atoms with E-state index in [1.807, 2.05) is 18.2 Å². The zero-order valence-electron chi connectivity index (χ0n) is 17.4. The number of nitrogens with zero attached hydrogens (tertiary/aromatic N) is 2. The van der Waals surface area contributed by atoms with Crippen LogP contribution in [0.25, 0.3) is 22.0 Å². The van der Waals surface area contributed by atoms with Crippen molar-refractivity contribution < 1.29 is 18.3 Å². The number of H-pyrrole nitrogens is 1. The molecule has 162 valence electrons. The molecule has 4 aromatic rings. The third-order valence-electron chi connectivity index (χ3n) is 5.54. The molecule has 1 aliphatic rings. The van der Waals surface area contributed by atoms with Crippen LogP contribution < -0.4 is 4.74 Å². The van der Waals surface area contributed by atoms with Crippen LogP contribution >= 0.6 is 0 Å². The van der Waals surface area contributed by atoms with Gasteiger partial charge < -0.3 is 9.64 Å². The molecular formula is C25H21F2N3O2. The van der Waals surface area contributed by atoms with E-state index in [0.717, 1.165) is 35.4 Å². The smallest absolute Gasteiger partial charge is 0.254 e. The van der Waals surface area contributed by atoms with Crippen molar-refractivity contribution in [3.8, 4) is 16.9 Å². The first-order valence-corrected chi connectivity index (χ1v) is 10.4. The molecule has 1 amide bonds. The van der Waals surface area contributed by atoms with Gasteiger partial charge in [0.1, 0.15) is 17.4 Å². The molecule has 0 radical (unpaired) electrons. The van der Waals surface area contributed by atoms with E-state index in [4.69, 9.17) is 4.74 Å². The van der Waals surface area contributed by atoms with Gasteiger partial charge in [-0.05, 0) is 54.3 Å². The van der Waals surface area contributed by atoms with Gasteiger partial charge in [0.25, 0.3) is 5.91 Å². The molecule has 5 rings (SSSR count). The van der Waals surface area contributed by atoms with Crippen molar-refractivity contribution in [3.63, 3.8) is 0 Å². The third-order valence-corrected chi connectivity index (χ3v) is 5.54. The number of ether oxygens (including phenoxy) is 1. The topological polar surface area (TPSA) is 58.2 Å². The summed E-state index contributed by atoms with van der Waals surface area (Å²) in [6.07, 6.45) is 3.65. The molecule has 7 heteroatoms. The minimum absolute atomic E-state index is 0.0632. The molecule has 0 aliphatic heterocycles. The largest absolute Gasteiger partial charge is 0.490 e. The number of hydrogen-bond donors (Lipinski definition) is 1. The Morgan fingerprint density at radius 2 is 1.91 bits per heavy atom. The third kappa shape index (κ3) is 4.06. The quantitative estimate of drug-likeness (QED) is 0.448. The lowest BCUT2D eigenvalue weighted by molar-refractivity contribution is 0.0785. The van der Waals surface area contributed by atoms with Crippen molar-refractivity contribution in [3.05, 3.63) is 83.6 Å². The molecule has 1 aliphatic carbocycles.